The molecule has 0 aliphatic heterocycles. The van der Waals surface area contributed by atoms with Crippen LogP contribution in [0.15, 0.2) is 6.20 Å². The first kappa shape index (κ1) is 19.2. The van der Waals surface area contributed by atoms with Gasteiger partial charge in [0.05, 0.1) is 10.7 Å². The maximum atomic E-state index is 5.97. The highest BCUT2D eigenvalue weighted by molar-refractivity contribution is 7.80. The van der Waals surface area contributed by atoms with Gasteiger partial charge in [0, 0.05) is 25.8 Å². The Hall–Kier alpha value is -0.850. The molecule has 0 atom stereocenters. The van der Waals surface area contributed by atoms with Crippen molar-refractivity contribution in [2.24, 2.45) is 0 Å². The molecule has 2 N–H and O–H groups in total. The van der Waals surface area contributed by atoms with Crippen molar-refractivity contribution in [3.8, 4) is 0 Å². The molecule has 126 valence electrons. The molecule has 0 aliphatic rings. The van der Waals surface area contributed by atoms with Gasteiger partial charge in [-0.1, -0.05) is 25.4 Å². The summed E-state index contributed by atoms with van der Waals surface area (Å²) in [5, 5.41) is 12.2. The van der Waals surface area contributed by atoms with Crippen molar-refractivity contribution < 1.29 is 0 Å². The largest absolute Gasteiger partial charge is 0.363 e. The van der Waals surface area contributed by atoms with E-state index in [1.54, 1.807) is 0 Å². The van der Waals surface area contributed by atoms with E-state index in [9.17, 15) is 0 Å². The van der Waals surface area contributed by atoms with Crippen molar-refractivity contribution >= 4 is 28.9 Å². The molecule has 1 aromatic heterocycles. The van der Waals surface area contributed by atoms with Crippen LogP contribution in [0.5, 0.6) is 0 Å². The summed E-state index contributed by atoms with van der Waals surface area (Å²) in [7, 11) is 0. The third kappa shape index (κ3) is 7.42. The first-order valence-corrected chi connectivity index (χ1v) is 8.79. The Morgan fingerprint density at radius 1 is 1.27 bits per heavy atom. The maximum absolute atomic E-state index is 5.97. The zero-order chi connectivity index (χ0) is 16.4. The van der Waals surface area contributed by atoms with Crippen molar-refractivity contribution in [1.82, 2.24) is 25.3 Å². The zero-order valence-electron chi connectivity index (χ0n) is 13.9. The molecule has 0 unspecified atom stereocenters. The molecule has 0 aromatic carbocycles. The van der Waals surface area contributed by atoms with E-state index in [0.717, 1.165) is 67.9 Å². The summed E-state index contributed by atoms with van der Waals surface area (Å²) in [6.07, 6.45) is 3.92. The number of aromatic nitrogens is 2. The van der Waals surface area contributed by atoms with Gasteiger partial charge in [0.25, 0.3) is 0 Å². The first-order chi connectivity index (χ1) is 10.6. The molecular formula is C15H28ClN5S. The summed E-state index contributed by atoms with van der Waals surface area (Å²) in [6.45, 7) is 12.2. The molecule has 0 saturated heterocycles. The zero-order valence-corrected chi connectivity index (χ0v) is 15.4. The first-order valence-electron chi connectivity index (χ1n) is 8.00. The fourth-order valence-electron chi connectivity index (χ4n) is 2.16. The normalized spacial score (nSPS) is 11.0. The quantitative estimate of drug-likeness (QED) is 0.503. The van der Waals surface area contributed by atoms with Crippen LogP contribution < -0.4 is 10.6 Å². The van der Waals surface area contributed by atoms with Crippen LogP contribution in [0, 0.1) is 6.92 Å². The van der Waals surface area contributed by atoms with Gasteiger partial charge >= 0.3 is 0 Å². The number of halogens is 1. The van der Waals surface area contributed by atoms with E-state index in [1.807, 2.05) is 17.8 Å². The molecule has 0 amide bonds. The van der Waals surface area contributed by atoms with E-state index >= 15 is 0 Å². The van der Waals surface area contributed by atoms with Gasteiger partial charge in [0.1, 0.15) is 0 Å². The van der Waals surface area contributed by atoms with E-state index in [2.05, 4.69) is 34.5 Å². The Balaban J connectivity index is 2.03. The highest BCUT2D eigenvalue weighted by Gasteiger charge is 2.02. The van der Waals surface area contributed by atoms with Crippen molar-refractivity contribution in [3.05, 3.63) is 16.9 Å². The lowest BCUT2D eigenvalue weighted by atomic mass is 10.3. The fourth-order valence-corrected chi connectivity index (χ4v) is 2.51. The molecule has 5 nitrogen and oxygen atoms in total. The van der Waals surface area contributed by atoms with Crippen LogP contribution in [-0.4, -0.2) is 52.5 Å². The van der Waals surface area contributed by atoms with E-state index in [0.29, 0.717) is 0 Å². The predicted molar refractivity (Wildman–Crippen MR) is 97.6 cm³/mol. The van der Waals surface area contributed by atoms with Gasteiger partial charge in [-0.15, -0.1) is 0 Å². The van der Waals surface area contributed by atoms with Gasteiger partial charge in [-0.2, -0.15) is 5.10 Å². The number of aryl methyl sites for hydroxylation is 2. The van der Waals surface area contributed by atoms with Crippen molar-refractivity contribution in [3.63, 3.8) is 0 Å². The van der Waals surface area contributed by atoms with Crippen molar-refractivity contribution in [2.45, 2.75) is 40.2 Å². The molecule has 0 spiro atoms. The number of hydrogen-bond donors (Lipinski definition) is 2. The van der Waals surface area contributed by atoms with Gasteiger partial charge in [-0.05, 0) is 51.6 Å². The number of nitrogens with zero attached hydrogens (tertiary/aromatic N) is 3. The SMILES string of the molecule is CCN(CC)CCCNC(=S)NCCCn1cc(Cl)c(C)n1. The van der Waals surface area contributed by atoms with Crippen LogP contribution in [0.3, 0.4) is 0 Å². The molecular weight excluding hydrogens is 318 g/mol. The van der Waals surface area contributed by atoms with Crippen LogP contribution >= 0.6 is 23.8 Å². The number of thiocarbonyl (C=S) groups is 1. The molecule has 22 heavy (non-hydrogen) atoms. The number of hydrogen-bond acceptors (Lipinski definition) is 3. The summed E-state index contributed by atoms with van der Waals surface area (Å²) in [5.41, 5.74) is 0.875. The third-order valence-electron chi connectivity index (χ3n) is 3.57. The Labute approximate surface area is 144 Å². The minimum Gasteiger partial charge on any atom is -0.363 e. The van der Waals surface area contributed by atoms with Gasteiger partial charge < -0.3 is 15.5 Å². The molecule has 0 fully saturated rings. The Morgan fingerprint density at radius 3 is 2.45 bits per heavy atom. The Bertz CT molecular complexity index is 426. The summed E-state index contributed by atoms with van der Waals surface area (Å²) < 4.78 is 1.87. The lowest BCUT2D eigenvalue weighted by molar-refractivity contribution is 0.300. The van der Waals surface area contributed by atoms with Gasteiger partial charge in [0.15, 0.2) is 5.11 Å². The van der Waals surface area contributed by atoms with Gasteiger partial charge in [-0.25, -0.2) is 0 Å². The molecule has 0 saturated carbocycles. The van der Waals surface area contributed by atoms with E-state index in [4.69, 9.17) is 23.8 Å². The van der Waals surface area contributed by atoms with Gasteiger partial charge in [0.2, 0.25) is 0 Å². The molecule has 1 rings (SSSR count). The number of nitrogens with one attached hydrogen (secondary N) is 2. The fraction of sp³-hybridized carbons (Fsp3) is 0.733. The van der Waals surface area contributed by atoms with Crippen molar-refractivity contribution in [1.29, 1.82) is 0 Å². The standard InChI is InChI=1S/C15H28ClN5S/c1-4-20(5-2)10-6-8-17-15(22)18-9-7-11-21-12-14(16)13(3)19-21/h12H,4-11H2,1-3H3,(H2,17,18,22). The van der Waals surface area contributed by atoms with E-state index in [-0.39, 0.29) is 0 Å². The van der Waals surface area contributed by atoms with Gasteiger partial charge in [-0.3, -0.25) is 4.68 Å². The smallest absolute Gasteiger partial charge is 0.166 e. The Kier molecular flexibility index (Phi) is 9.43. The van der Waals surface area contributed by atoms with Crippen molar-refractivity contribution in [2.75, 3.05) is 32.7 Å². The van der Waals surface area contributed by atoms with Crippen LogP contribution in [0.4, 0.5) is 0 Å². The maximum Gasteiger partial charge on any atom is 0.166 e. The second-order valence-corrected chi connectivity index (χ2v) is 6.06. The topological polar surface area (TPSA) is 45.1 Å². The van der Waals surface area contributed by atoms with E-state index < -0.39 is 0 Å². The molecule has 1 aromatic rings. The highest BCUT2D eigenvalue weighted by atomic mass is 35.5. The summed E-state index contributed by atoms with van der Waals surface area (Å²) in [4.78, 5) is 2.41. The summed E-state index contributed by atoms with van der Waals surface area (Å²) >= 11 is 11.2. The average molecular weight is 346 g/mol. The molecule has 0 bridgehead atoms. The monoisotopic (exact) mass is 345 g/mol. The minimum absolute atomic E-state index is 0.721. The molecule has 7 heteroatoms. The average Bonchev–Trinajstić information content (AvgIpc) is 2.82. The molecule has 1 heterocycles. The predicted octanol–water partition coefficient (Wildman–Crippen LogP) is 2.43. The minimum atomic E-state index is 0.721. The Morgan fingerprint density at radius 2 is 1.91 bits per heavy atom. The highest BCUT2D eigenvalue weighted by Crippen LogP contribution is 2.11. The van der Waals surface area contributed by atoms with Crippen LogP contribution in [0.1, 0.15) is 32.4 Å². The molecule has 0 aliphatic carbocycles. The summed E-state index contributed by atoms with van der Waals surface area (Å²) in [6, 6.07) is 0. The second-order valence-electron chi connectivity index (χ2n) is 5.24. The summed E-state index contributed by atoms with van der Waals surface area (Å²) in [5.74, 6) is 0. The second kappa shape index (κ2) is 10.8. The van der Waals surface area contributed by atoms with Crippen LogP contribution in [-0.2, 0) is 6.54 Å². The third-order valence-corrected chi connectivity index (χ3v) is 4.23. The molecule has 0 radical (unpaired) electrons. The lowest BCUT2D eigenvalue weighted by Crippen LogP contribution is -2.37. The van der Waals surface area contributed by atoms with Crippen LogP contribution in [0.25, 0.3) is 0 Å². The van der Waals surface area contributed by atoms with E-state index in [1.165, 1.54) is 0 Å². The number of rotatable bonds is 10. The lowest BCUT2D eigenvalue weighted by Gasteiger charge is -2.18. The van der Waals surface area contributed by atoms with Crippen LogP contribution in [0.2, 0.25) is 5.02 Å².